The van der Waals surface area contributed by atoms with Gasteiger partial charge in [0.05, 0.1) is 24.9 Å². The van der Waals surface area contributed by atoms with E-state index in [4.69, 9.17) is 4.74 Å². The number of urea groups is 1. The minimum Gasteiger partial charge on any atom is -0.388 e. The lowest BCUT2D eigenvalue weighted by Gasteiger charge is -2.17. The molecule has 0 aliphatic carbocycles. The number of hydrogen-bond donors (Lipinski definition) is 2. The van der Waals surface area contributed by atoms with Gasteiger partial charge >= 0.3 is 6.03 Å². The van der Waals surface area contributed by atoms with Crippen molar-refractivity contribution >= 4 is 6.03 Å². The third-order valence-electron chi connectivity index (χ3n) is 4.21. The van der Waals surface area contributed by atoms with Gasteiger partial charge in [0.1, 0.15) is 6.10 Å². The second-order valence-electron chi connectivity index (χ2n) is 6.09. The monoisotopic (exact) mass is 310 g/mol. The maximum Gasteiger partial charge on any atom is 0.317 e. The number of methoxy groups -OCH3 is 1. The molecule has 2 heterocycles. The van der Waals surface area contributed by atoms with Crippen molar-refractivity contribution < 1.29 is 14.6 Å². The van der Waals surface area contributed by atoms with E-state index in [-0.39, 0.29) is 12.1 Å². The van der Waals surface area contributed by atoms with Crippen LogP contribution in [0.5, 0.6) is 0 Å². The highest BCUT2D eigenvalue weighted by molar-refractivity contribution is 5.74. The Hall–Kier alpha value is -1.60. The largest absolute Gasteiger partial charge is 0.388 e. The first-order chi connectivity index (χ1) is 10.3. The van der Waals surface area contributed by atoms with Crippen LogP contribution in [0, 0.1) is 13.8 Å². The normalized spacial score (nSPS) is 21.7. The van der Waals surface area contributed by atoms with Crippen LogP contribution in [0.3, 0.4) is 0 Å². The van der Waals surface area contributed by atoms with Crippen LogP contribution in [-0.2, 0) is 11.3 Å². The summed E-state index contributed by atoms with van der Waals surface area (Å²) in [5.41, 5.74) is 3.05. The topological polar surface area (TPSA) is 79.6 Å². The quantitative estimate of drug-likeness (QED) is 0.869. The van der Waals surface area contributed by atoms with Gasteiger partial charge in [-0.1, -0.05) is 0 Å². The van der Waals surface area contributed by atoms with Crippen molar-refractivity contribution in [2.75, 3.05) is 20.2 Å². The Labute approximate surface area is 131 Å². The maximum atomic E-state index is 12.2. The Bertz CT molecular complexity index is 541. The zero-order valence-electron chi connectivity index (χ0n) is 14.0. The molecule has 7 heteroatoms. The van der Waals surface area contributed by atoms with Crippen LogP contribution in [0.25, 0.3) is 0 Å². The van der Waals surface area contributed by atoms with Gasteiger partial charge < -0.3 is 20.1 Å². The molecule has 1 aromatic heterocycles. The second kappa shape index (κ2) is 6.66. The van der Waals surface area contributed by atoms with E-state index in [2.05, 4.69) is 24.3 Å². The van der Waals surface area contributed by atoms with Crippen LogP contribution >= 0.6 is 0 Å². The molecule has 0 radical (unpaired) electrons. The van der Waals surface area contributed by atoms with E-state index in [9.17, 15) is 9.90 Å². The predicted octanol–water partition coefficient (Wildman–Crippen LogP) is 0.982. The third kappa shape index (κ3) is 3.25. The molecule has 0 spiro atoms. The van der Waals surface area contributed by atoms with E-state index >= 15 is 0 Å². The Balaban J connectivity index is 1.98. The van der Waals surface area contributed by atoms with Crippen molar-refractivity contribution in [3.8, 4) is 0 Å². The smallest absolute Gasteiger partial charge is 0.317 e. The Morgan fingerprint density at radius 3 is 2.64 bits per heavy atom. The van der Waals surface area contributed by atoms with Crippen LogP contribution in [0.4, 0.5) is 4.79 Å². The van der Waals surface area contributed by atoms with Crippen molar-refractivity contribution in [1.82, 2.24) is 20.0 Å². The second-order valence-corrected chi connectivity index (χ2v) is 6.09. The number of aromatic nitrogens is 2. The lowest BCUT2D eigenvalue weighted by atomic mass is 10.2. The maximum absolute atomic E-state index is 12.2. The molecule has 1 aromatic rings. The van der Waals surface area contributed by atoms with Crippen LogP contribution < -0.4 is 5.32 Å². The number of carbonyl (C=O) groups is 1. The minimum atomic E-state index is -0.622. The fourth-order valence-corrected chi connectivity index (χ4v) is 2.89. The van der Waals surface area contributed by atoms with Gasteiger partial charge in [0.25, 0.3) is 0 Å². The van der Waals surface area contributed by atoms with Gasteiger partial charge in [0.15, 0.2) is 0 Å². The number of carbonyl (C=O) groups excluding carboxylic acids is 1. The first-order valence-corrected chi connectivity index (χ1v) is 7.63. The average Bonchev–Trinajstić information content (AvgIpc) is 2.97. The molecule has 2 atom stereocenters. The summed E-state index contributed by atoms with van der Waals surface area (Å²) in [6, 6.07) is 0.106. The molecular formula is C15H26N4O3. The standard InChI is InChI=1S/C15H26N4O3/c1-9(2)19-11(4)12(10(3)17-19)6-16-15(21)18-7-13(20)14(8-18)22-5/h9,13-14,20H,6-8H2,1-5H3,(H,16,21)/t13-,14-/m0/s1. The number of aryl methyl sites for hydroxylation is 1. The number of nitrogens with zero attached hydrogens (tertiary/aromatic N) is 3. The van der Waals surface area contributed by atoms with Crippen LogP contribution in [0.1, 0.15) is 36.8 Å². The molecule has 2 N–H and O–H groups in total. The van der Waals surface area contributed by atoms with Crippen molar-refractivity contribution in [3.05, 3.63) is 17.0 Å². The average molecular weight is 310 g/mol. The summed E-state index contributed by atoms with van der Waals surface area (Å²) < 4.78 is 7.12. The molecule has 0 bridgehead atoms. The number of hydrogen-bond acceptors (Lipinski definition) is 4. The minimum absolute atomic E-state index is 0.185. The lowest BCUT2D eigenvalue weighted by Crippen LogP contribution is -2.39. The van der Waals surface area contributed by atoms with Crippen LogP contribution in [0.15, 0.2) is 0 Å². The summed E-state index contributed by atoms with van der Waals surface area (Å²) in [4.78, 5) is 13.8. The number of aliphatic hydroxyl groups excluding tert-OH is 1. The molecule has 124 valence electrons. The van der Waals surface area contributed by atoms with Crippen molar-refractivity contribution in [3.63, 3.8) is 0 Å². The van der Waals surface area contributed by atoms with E-state index in [1.165, 1.54) is 0 Å². The molecule has 1 fully saturated rings. The number of nitrogens with one attached hydrogen (secondary N) is 1. The summed E-state index contributed by atoms with van der Waals surface area (Å²) in [5, 5.41) is 17.2. The SMILES string of the molecule is CO[C@H]1CN(C(=O)NCc2c(C)nn(C(C)C)c2C)C[C@@H]1O. The highest BCUT2D eigenvalue weighted by Crippen LogP contribution is 2.17. The van der Waals surface area contributed by atoms with Gasteiger partial charge in [-0.2, -0.15) is 5.10 Å². The molecule has 0 aromatic carbocycles. The Morgan fingerprint density at radius 1 is 1.45 bits per heavy atom. The molecule has 1 saturated heterocycles. The zero-order valence-corrected chi connectivity index (χ0v) is 14.0. The number of aliphatic hydroxyl groups is 1. The Morgan fingerprint density at radius 2 is 2.14 bits per heavy atom. The molecule has 0 saturated carbocycles. The van der Waals surface area contributed by atoms with E-state index < -0.39 is 6.10 Å². The number of β-amino-alcohol motifs (C(OH)–C–C–N with tert-alkyl or cyclic N) is 1. The number of rotatable bonds is 4. The molecule has 22 heavy (non-hydrogen) atoms. The summed E-state index contributed by atoms with van der Waals surface area (Å²) in [6.07, 6.45) is -0.930. The fourth-order valence-electron chi connectivity index (χ4n) is 2.89. The van der Waals surface area contributed by atoms with Crippen LogP contribution in [-0.4, -0.2) is 58.2 Å². The van der Waals surface area contributed by atoms with E-state index in [1.807, 2.05) is 18.5 Å². The van der Waals surface area contributed by atoms with Gasteiger partial charge in [-0.05, 0) is 27.7 Å². The van der Waals surface area contributed by atoms with E-state index in [1.54, 1.807) is 12.0 Å². The van der Waals surface area contributed by atoms with Crippen LogP contribution in [0.2, 0.25) is 0 Å². The van der Waals surface area contributed by atoms with Gasteiger partial charge in [-0.25, -0.2) is 4.79 Å². The molecule has 2 rings (SSSR count). The first kappa shape index (κ1) is 16.8. The molecule has 2 amide bonds. The molecule has 0 unspecified atom stereocenters. The van der Waals surface area contributed by atoms with Gasteiger partial charge in [0.2, 0.25) is 0 Å². The Kier molecular flexibility index (Phi) is 5.08. The van der Waals surface area contributed by atoms with Crippen molar-refractivity contribution in [2.24, 2.45) is 0 Å². The summed E-state index contributed by atoms with van der Waals surface area (Å²) in [7, 11) is 1.54. The molecular weight excluding hydrogens is 284 g/mol. The fraction of sp³-hybridized carbons (Fsp3) is 0.733. The van der Waals surface area contributed by atoms with Gasteiger partial charge in [0, 0.05) is 31.0 Å². The summed E-state index contributed by atoms with van der Waals surface area (Å²) in [5.74, 6) is 0. The molecule has 7 nitrogen and oxygen atoms in total. The van der Waals surface area contributed by atoms with E-state index in [0.717, 1.165) is 17.0 Å². The van der Waals surface area contributed by atoms with Gasteiger partial charge in [-0.15, -0.1) is 0 Å². The van der Waals surface area contributed by atoms with E-state index in [0.29, 0.717) is 25.7 Å². The lowest BCUT2D eigenvalue weighted by molar-refractivity contribution is 0.0215. The first-order valence-electron chi connectivity index (χ1n) is 7.63. The summed E-state index contributed by atoms with van der Waals surface area (Å²) in [6.45, 7) is 9.28. The summed E-state index contributed by atoms with van der Waals surface area (Å²) >= 11 is 0. The predicted molar refractivity (Wildman–Crippen MR) is 82.7 cm³/mol. The third-order valence-corrected chi connectivity index (χ3v) is 4.21. The van der Waals surface area contributed by atoms with Gasteiger partial charge in [-0.3, -0.25) is 4.68 Å². The molecule has 1 aliphatic heterocycles. The number of ether oxygens (including phenoxy) is 1. The highest BCUT2D eigenvalue weighted by Gasteiger charge is 2.34. The van der Waals surface area contributed by atoms with Crippen molar-refractivity contribution in [1.29, 1.82) is 0 Å². The molecule has 1 aliphatic rings. The zero-order chi connectivity index (χ0) is 16.4. The highest BCUT2D eigenvalue weighted by atomic mass is 16.5. The number of likely N-dealkylation sites (tertiary alicyclic amines) is 1. The number of amides is 2. The van der Waals surface area contributed by atoms with Crippen molar-refractivity contribution in [2.45, 2.75) is 52.5 Å².